The van der Waals surface area contributed by atoms with Crippen molar-refractivity contribution >= 4 is 27.7 Å². The number of aldehydes is 1. The van der Waals surface area contributed by atoms with Gasteiger partial charge in [-0.3, -0.25) is 9.48 Å². The third kappa shape index (κ3) is 5.48. The first-order chi connectivity index (χ1) is 17.7. The van der Waals surface area contributed by atoms with E-state index in [1.54, 1.807) is 6.07 Å². The summed E-state index contributed by atoms with van der Waals surface area (Å²) in [5, 5.41) is 5.60. The summed E-state index contributed by atoms with van der Waals surface area (Å²) in [4.78, 5) is 14.8. The number of fused-ring (bicyclic) bond motifs is 1. The second-order valence-corrected chi connectivity index (χ2v) is 10.7. The van der Waals surface area contributed by atoms with Crippen LogP contribution < -0.4 is 0 Å². The molecule has 1 aliphatic rings. The number of aryl methyl sites for hydroxylation is 2. The maximum Gasteiger partial charge on any atom is 0.416 e. The molecule has 37 heavy (non-hydrogen) atoms. The van der Waals surface area contributed by atoms with E-state index in [1.165, 1.54) is 35.6 Å². The molecule has 9 heteroatoms. The van der Waals surface area contributed by atoms with Crippen LogP contribution in [-0.4, -0.2) is 40.6 Å². The number of nitrogens with zero attached hydrogens (tertiary/aromatic N) is 3. The lowest BCUT2D eigenvalue weighted by Gasteiger charge is -2.32. The number of piperidine rings is 1. The molecule has 4 nitrogen and oxygen atoms in total. The molecule has 0 saturated carbocycles. The molecule has 0 radical (unpaired) electrons. The van der Waals surface area contributed by atoms with Gasteiger partial charge in [0.15, 0.2) is 6.29 Å². The minimum Gasteiger partial charge on any atom is -0.303 e. The zero-order valence-corrected chi connectivity index (χ0v) is 21.2. The van der Waals surface area contributed by atoms with Gasteiger partial charge in [0.1, 0.15) is 5.82 Å². The molecule has 4 aromatic rings. The molecule has 0 atom stereocenters. The van der Waals surface area contributed by atoms with Crippen LogP contribution in [0.5, 0.6) is 0 Å². The average molecular weight is 530 g/mol. The summed E-state index contributed by atoms with van der Waals surface area (Å²) < 4.78 is 54.9. The Morgan fingerprint density at radius 1 is 1.08 bits per heavy atom. The van der Waals surface area contributed by atoms with Crippen LogP contribution in [0.25, 0.3) is 21.3 Å². The van der Waals surface area contributed by atoms with Gasteiger partial charge in [-0.05, 0) is 92.5 Å². The highest BCUT2D eigenvalue weighted by Gasteiger charge is 2.30. The van der Waals surface area contributed by atoms with E-state index in [9.17, 15) is 22.4 Å². The summed E-state index contributed by atoms with van der Waals surface area (Å²) in [6.45, 7) is 5.40. The SMILES string of the molecule is Cc1cn(CCCN2CCC(c3c(C=O)sc4cc(F)ccc34)CC2)nc1-c1ccc(C(F)(F)F)cc1. The lowest BCUT2D eigenvalue weighted by atomic mass is 9.87. The maximum atomic E-state index is 13.6. The van der Waals surface area contributed by atoms with E-state index in [4.69, 9.17) is 0 Å². The summed E-state index contributed by atoms with van der Waals surface area (Å²) >= 11 is 1.37. The van der Waals surface area contributed by atoms with Crippen molar-refractivity contribution in [1.82, 2.24) is 14.7 Å². The summed E-state index contributed by atoms with van der Waals surface area (Å²) in [6.07, 6.45) is 1.28. The first-order valence-electron chi connectivity index (χ1n) is 12.3. The van der Waals surface area contributed by atoms with Crippen LogP contribution >= 0.6 is 11.3 Å². The molecule has 0 spiro atoms. The van der Waals surface area contributed by atoms with Gasteiger partial charge < -0.3 is 4.90 Å². The molecule has 1 saturated heterocycles. The number of carbonyl (C=O) groups is 1. The Morgan fingerprint density at radius 3 is 2.49 bits per heavy atom. The number of aromatic nitrogens is 2. The molecule has 0 N–H and O–H groups in total. The summed E-state index contributed by atoms with van der Waals surface area (Å²) in [5.41, 5.74) is 2.69. The van der Waals surface area contributed by atoms with Crippen molar-refractivity contribution in [2.45, 2.75) is 44.8 Å². The van der Waals surface area contributed by atoms with Gasteiger partial charge in [0.25, 0.3) is 0 Å². The molecule has 1 aliphatic heterocycles. The highest BCUT2D eigenvalue weighted by Crippen LogP contribution is 2.40. The predicted molar refractivity (Wildman–Crippen MR) is 138 cm³/mol. The second-order valence-electron chi connectivity index (χ2n) is 9.61. The molecule has 2 aromatic heterocycles. The monoisotopic (exact) mass is 529 g/mol. The van der Waals surface area contributed by atoms with Crippen LogP contribution in [0.3, 0.4) is 0 Å². The average Bonchev–Trinajstić information content (AvgIpc) is 3.43. The predicted octanol–water partition coefficient (Wildman–Crippen LogP) is 7.31. The van der Waals surface area contributed by atoms with Crippen LogP contribution in [0.4, 0.5) is 17.6 Å². The number of benzene rings is 2. The highest BCUT2D eigenvalue weighted by molar-refractivity contribution is 7.20. The van der Waals surface area contributed by atoms with Crippen LogP contribution in [0, 0.1) is 12.7 Å². The van der Waals surface area contributed by atoms with E-state index in [1.807, 2.05) is 17.8 Å². The lowest BCUT2D eigenvalue weighted by molar-refractivity contribution is -0.137. The Morgan fingerprint density at radius 2 is 1.81 bits per heavy atom. The van der Waals surface area contributed by atoms with Crippen molar-refractivity contribution in [3.8, 4) is 11.3 Å². The Labute approximate surface area is 216 Å². The third-order valence-electron chi connectivity index (χ3n) is 7.11. The molecule has 2 aromatic carbocycles. The van der Waals surface area contributed by atoms with Crippen LogP contribution in [-0.2, 0) is 12.7 Å². The minimum absolute atomic E-state index is 0.286. The lowest BCUT2D eigenvalue weighted by Crippen LogP contribution is -2.34. The van der Waals surface area contributed by atoms with E-state index >= 15 is 0 Å². The molecule has 5 rings (SSSR count). The van der Waals surface area contributed by atoms with E-state index in [0.29, 0.717) is 16.1 Å². The number of halogens is 4. The first-order valence-corrected chi connectivity index (χ1v) is 13.2. The molecule has 194 valence electrons. The van der Waals surface area contributed by atoms with E-state index in [0.717, 1.165) is 85.1 Å². The zero-order valence-electron chi connectivity index (χ0n) is 20.4. The number of hydrogen-bond donors (Lipinski definition) is 0. The Balaban J connectivity index is 1.16. The standard InChI is InChI=1S/C28H27F4N3OS/c1-18-16-35(33-27(18)20-3-5-21(6-4-20)28(30,31)32)12-2-11-34-13-9-19(10-14-34)26-23-8-7-22(29)15-24(23)37-25(26)17-36/h3-8,15-17,19H,2,9-14H2,1H3. The van der Waals surface area contributed by atoms with Gasteiger partial charge in [-0.2, -0.15) is 18.3 Å². The highest BCUT2D eigenvalue weighted by atomic mass is 32.1. The first kappa shape index (κ1) is 25.6. The molecule has 0 unspecified atom stereocenters. The van der Waals surface area contributed by atoms with Gasteiger partial charge in [0, 0.05) is 23.0 Å². The number of alkyl halides is 3. The van der Waals surface area contributed by atoms with Gasteiger partial charge >= 0.3 is 6.18 Å². The molecule has 0 bridgehead atoms. The molecule has 0 aliphatic carbocycles. The fourth-order valence-electron chi connectivity index (χ4n) is 5.26. The third-order valence-corrected chi connectivity index (χ3v) is 8.21. The Bertz CT molecular complexity index is 1400. The summed E-state index contributed by atoms with van der Waals surface area (Å²) in [5.74, 6) is 0.00198. The van der Waals surface area contributed by atoms with Gasteiger partial charge in [0.2, 0.25) is 0 Å². The molecule has 3 heterocycles. The van der Waals surface area contributed by atoms with Crippen molar-refractivity contribution in [2.75, 3.05) is 19.6 Å². The van der Waals surface area contributed by atoms with Crippen LogP contribution in [0.2, 0.25) is 0 Å². The van der Waals surface area contributed by atoms with Crippen molar-refractivity contribution in [3.63, 3.8) is 0 Å². The minimum atomic E-state index is -4.35. The van der Waals surface area contributed by atoms with Crippen molar-refractivity contribution < 1.29 is 22.4 Å². The van der Waals surface area contributed by atoms with Gasteiger partial charge in [-0.15, -0.1) is 11.3 Å². The van der Waals surface area contributed by atoms with E-state index in [2.05, 4.69) is 10.00 Å². The smallest absolute Gasteiger partial charge is 0.303 e. The summed E-state index contributed by atoms with van der Waals surface area (Å²) in [7, 11) is 0. The van der Waals surface area contributed by atoms with Gasteiger partial charge in [-0.25, -0.2) is 4.39 Å². The van der Waals surface area contributed by atoms with E-state index < -0.39 is 11.7 Å². The second kappa shape index (κ2) is 10.4. The maximum absolute atomic E-state index is 13.6. The normalized spacial score (nSPS) is 15.5. The fraction of sp³-hybridized carbons (Fsp3) is 0.357. The van der Waals surface area contributed by atoms with Gasteiger partial charge in [-0.1, -0.05) is 18.2 Å². The van der Waals surface area contributed by atoms with E-state index in [-0.39, 0.29) is 11.7 Å². The van der Waals surface area contributed by atoms with Gasteiger partial charge in [0.05, 0.1) is 16.1 Å². The number of likely N-dealkylation sites (tertiary alicyclic amines) is 1. The molecule has 1 fully saturated rings. The zero-order chi connectivity index (χ0) is 26.2. The van der Waals surface area contributed by atoms with Crippen LogP contribution in [0.1, 0.15) is 51.5 Å². The molecule has 0 amide bonds. The Kier molecular flexibility index (Phi) is 7.18. The number of rotatable bonds is 7. The Hall–Kier alpha value is -3.04. The topological polar surface area (TPSA) is 38.1 Å². The molecular weight excluding hydrogens is 502 g/mol. The quantitative estimate of drug-likeness (QED) is 0.186. The largest absolute Gasteiger partial charge is 0.416 e. The molecular formula is C28H27F4N3OS. The van der Waals surface area contributed by atoms with Crippen molar-refractivity contribution in [2.24, 2.45) is 0 Å². The number of carbonyl (C=O) groups excluding carboxylic acids is 1. The summed E-state index contributed by atoms with van der Waals surface area (Å²) in [6, 6.07) is 9.87. The van der Waals surface area contributed by atoms with Crippen LogP contribution in [0.15, 0.2) is 48.7 Å². The number of thiophene rings is 1. The van der Waals surface area contributed by atoms with Crippen molar-refractivity contribution in [1.29, 1.82) is 0 Å². The fourth-order valence-corrected chi connectivity index (χ4v) is 6.39. The number of hydrogen-bond acceptors (Lipinski definition) is 4. The van der Waals surface area contributed by atoms with Crippen molar-refractivity contribution in [3.05, 3.63) is 76.0 Å².